The molecule has 0 saturated carbocycles. The molecule has 0 bridgehead atoms. The van der Waals surface area contributed by atoms with E-state index in [1.54, 1.807) is 24.3 Å². The molecule has 0 radical (unpaired) electrons. The van der Waals surface area contributed by atoms with E-state index in [9.17, 15) is 13.2 Å². The van der Waals surface area contributed by atoms with Crippen molar-refractivity contribution in [2.75, 3.05) is 6.26 Å². The van der Waals surface area contributed by atoms with Crippen molar-refractivity contribution in [1.82, 2.24) is 14.5 Å². The molecule has 30 heavy (non-hydrogen) atoms. The highest BCUT2D eigenvalue weighted by Gasteiger charge is 2.38. The molecule has 1 aromatic heterocycles. The van der Waals surface area contributed by atoms with E-state index in [1.165, 1.54) is 0 Å². The van der Waals surface area contributed by atoms with Crippen LogP contribution < -0.4 is 0 Å². The van der Waals surface area contributed by atoms with Crippen LogP contribution in [0.2, 0.25) is 5.02 Å². The lowest BCUT2D eigenvalue weighted by atomic mass is 9.96. The quantitative estimate of drug-likeness (QED) is 0.554. The van der Waals surface area contributed by atoms with Crippen LogP contribution in [0.1, 0.15) is 17.0 Å². The third-order valence-corrected chi connectivity index (χ3v) is 6.29. The summed E-state index contributed by atoms with van der Waals surface area (Å²) in [6, 6.07) is 13.3. The summed E-state index contributed by atoms with van der Waals surface area (Å²) >= 11 is 5.87. The van der Waals surface area contributed by atoms with Crippen LogP contribution in [0.3, 0.4) is 0 Å². The van der Waals surface area contributed by atoms with Crippen LogP contribution in [-0.2, 0) is 39.1 Å². The van der Waals surface area contributed by atoms with Crippen LogP contribution in [0.5, 0.6) is 0 Å². The molecule has 0 spiro atoms. The third-order valence-electron chi connectivity index (χ3n) is 4.80. The lowest BCUT2D eigenvalue weighted by Gasteiger charge is -2.33. The largest absolute Gasteiger partial charge is 0.454 e. The van der Waals surface area contributed by atoms with Gasteiger partial charge in [0.15, 0.2) is 6.61 Å². The van der Waals surface area contributed by atoms with E-state index in [4.69, 9.17) is 20.8 Å². The minimum absolute atomic E-state index is 0.107. The number of fused-ring (bicyclic) bond motifs is 1. The van der Waals surface area contributed by atoms with Crippen molar-refractivity contribution < 1.29 is 22.4 Å². The number of benzene rings is 2. The summed E-state index contributed by atoms with van der Waals surface area (Å²) in [6.45, 7) is -0.134. The van der Waals surface area contributed by atoms with Gasteiger partial charge in [-0.2, -0.15) is 4.31 Å². The molecular weight excluding hydrogens is 430 g/mol. The molecule has 1 atom stereocenters. The second-order valence-corrected chi connectivity index (χ2v) is 9.28. The first-order chi connectivity index (χ1) is 14.3. The van der Waals surface area contributed by atoms with Gasteiger partial charge >= 0.3 is 5.97 Å². The summed E-state index contributed by atoms with van der Waals surface area (Å²) < 4.78 is 36.5. The Morgan fingerprint density at radius 1 is 1.17 bits per heavy atom. The molecule has 0 saturated heterocycles. The number of rotatable bonds is 5. The summed E-state index contributed by atoms with van der Waals surface area (Å²) in [5.41, 5.74) is 2.47. The predicted molar refractivity (Wildman–Crippen MR) is 109 cm³/mol. The zero-order chi connectivity index (χ0) is 21.3. The maximum Gasteiger partial charge on any atom is 0.325 e. The summed E-state index contributed by atoms with van der Waals surface area (Å²) in [4.78, 5) is 12.7. The number of nitrogens with zero attached hydrogens (tertiary/aromatic N) is 3. The number of carbonyl (C=O) groups excluding carboxylic acids is 1. The predicted octanol–water partition coefficient (Wildman–Crippen LogP) is 2.82. The van der Waals surface area contributed by atoms with Gasteiger partial charge in [-0.05, 0) is 35.4 Å². The number of hydrogen-bond donors (Lipinski definition) is 0. The van der Waals surface area contributed by atoms with Crippen molar-refractivity contribution in [3.8, 4) is 11.5 Å². The van der Waals surface area contributed by atoms with Crippen molar-refractivity contribution in [1.29, 1.82) is 0 Å². The average molecular weight is 448 g/mol. The van der Waals surface area contributed by atoms with E-state index in [-0.39, 0.29) is 31.4 Å². The molecule has 1 aliphatic heterocycles. The monoisotopic (exact) mass is 447 g/mol. The van der Waals surface area contributed by atoms with Gasteiger partial charge in [-0.3, -0.25) is 4.79 Å². The van der Waals surface area contributed by atoms with Gasteiger partial charge in [0.2, 0.25) is 15.9 Å². The van der Waals surface area contributed by atoms with E-state index in [1.807, 2.05) is 24.3 Å². The number of esters is 1. The maximum absolute atomic E-state index is 12.7. The van der Waals surface area contributed by atoms with Crippen LogP contribution in [-0.4, -0.2) is 41.2 Å². The molecule has 10 heteroatoms. The van der Waals surface area contributed by atoms with Crippen molar-refractivity contribution in [3.05, 3.63) is 70.6 Å². The summed E-state index contributed by atoms with van der Waals surface area (Å²) in [6.07, 6.45) is 1.32. The smallest absolute Gasteiger partial charge is 0.325 e. The number of halogens is 1. The molecule has 1 aliphatic rings. The van der Waals surface area contributed by atoms with Gasteiger partial charge in [-0.25, -0.2) is 8.42 Å². The third kappa shape index (κ3) is 4.38. The van der Waals surface area contributed by atoms with Crippen molar-refractivity contribution in [2.45, 2.75) is 25.6 Å². The highest BCUT2D eigenvalue weighted by Crippen LogP contribution is 2.26. The molecule has 2 aromatic carbocycles. The van der Waals surface area contributed by atoms with E-state index >= 15 is 0 Å². The van der Waals surface area contributed by atoms with Gasteiger partial charge in [0.05, 0.1) is 6.26 Å². The van der Waals surface area contributed by atoms with Crippen LogP contribution in [0.15, 0.2) is 52.9 Å². The van der Waals surface area contributed by atoms with Crippen LogP contribution in [0, 0.1) is 0 Å². The highest BCUT2D eigenvalue weighted by atomic mass is 35.5. The summed E-state index contributed by atoms with van der Waals surface area (Å²) in [7, 11) is -3.61. The Balaban J connectivity index is 1.47. The minimum atomic E-state index is -3.61. The molecule has 0 fully saturated rings. The first kappa shape index (κ1) is 20.5. The molecule has 8 nitrogen and oxygen atoms in total. The fourth-order valence-electron chi connectivity index (χ4n) is 3.30. The normalized spacial score (nSPS) is 16.8. The second-order valence-electron chi connectivity index (χ2n) is 6.91. The van der Waals surface area contributed by atoms with E-state index in [0.29, 0.717) is 10.6 Å². The standard InChI is InChI=1S/C20H18ClN3O5S/c1-30(26,27)24-11-15-5-3-2-4-14(15)10-17(24)20(25)28-12-18-22-23-19(29-18)13-6-8-16(21)9-7-13/h2-9,17H,10-12H2,1H3. The average Bonchev–Trinajstić information content (AvgIpc) is 3.20. The van der Waals surface area contributed by atoms with Crippen LogP contribution in [0.25, 0.3) is 11.5 Å². The molecule has 2 heterocycles. The summed E-state index contributed by atoms with van der Waals surface area (Å²) in [5.74, 6) is -0.293. The zero-order valence-electron chi connectivity index (χ0n) is 16.0. The molecular formula is C20H18ClN3O5S. The Morgan fingerprint density at radius 3 is 2.57 bits per heavy atom. The Labute approximate surface area is 178 Å². The Kier molecular flexibility index (Phi) is 5.59. The minimum Gasteiger partial charge on any atom is -0.454 e. The van der Waals surface area contributed by atoms with Gasteiger partial charge in [0.25, 0.3) is 5.89 Å². The highest BCUT2D eigenvalue weighted by molar-refractivity contribution is 7.88. The first-order valence-electron chi connectivity index (χ1n) is 9.10. The molecule has 4 rings (SSSR count). The lowest BCUT2D eigenvalue weighted by molar-refractivity contribution is -0.150. The van der Waals surface area contributed by atoms with Crippen LogP contribution >= 0.6 is 11.6 Å². The number of sulfonamides is 1. The van der Waals surface area contributed by atoms with Crippen molar-refractivity contribution >= 4 is 27.6 Å². The van der Waals surface area contributed by atoms with Crippen molar-refractivity contribution in [2.24, 2.45) is 0 Å². The molecule has 0 amide bonds. The fraction of sp³-hybridized carbons (Fsp3) is 0.250. The van der Waals surface area contributed by atoms with Gasteiger partial charge in [0, 0.05) is 23.6 Å². The van der Waals surface area contributed by atoms with Gasteiger partial charge in [-0.15, -0.1) is 10.2 Å². The number of ether oxygens (including phenoxy) is 1. The molecule has 3 aromatic rings. The van der Waals surface area contributed by atoms with E-state index < -0.39 is 22.0 Å². The topological polar surface area (TPSA) is 103 Å². The Hall–Kier alpha value is -2.75. The van der Waals surface area contributed by atoms with Crippen molar-refractivity contribution in [3.63, 3.8) is 0 Å². The van der Waals surface area contributed by atoms with E-state index in [0.717, 1.165) is 21.7 Å². The molecule has 0 N–H and O–H groups in total. The second kappa shape index (κ2) is 8.17. The zero-order valence-corrected chi connectivity index (χ0v) is 17.6. The number of carbonyl (C=O) groups is 1. The van der Waals surface area contributed by atoms with Gasteiger partial charge in [-0.1, -0.05) is 35.9 Å². The summed E-state index contributed by atoms with van der Waals surface area (Å²) in [5, 5.41) is 8.39. The Morgan fingerprint density at radius 2 is 1.87 bits per heavy atom. The lowest BCUT2D eigenvalue weighted by Crippen LogP contribution is -2.48. The van der Waals surface area contributed by atoms with Gasteiger partial charge in [0.1, 0.15) is 6.04 Å². The molecule has 1 unspecified atom stereocenters. The number of aromatic nitrogens is 2. The van der Waals surface area contributed by atoms with Crippen LogP contribution in [0.4, 0.5) is 0 Å². The van der Waals surface area contributed by atoms with Gasteiger partial charge < -0.3 is 9.15 Å². The molecule has 156 valence electrons. The SMILES string of the molecule is CS(=O)(=O)N1Cc2ccccc2CC1C(=O)OCc1nnc(-c2ccc(Cl)cc2)o1. The Bertz CT molecular complexity index is 1180. The van der Waals surface area contributed by atoms with E-state index in [2.05, 4.69) is 10.2 Å². The fourth-order valence-corrected chi connectivity index (χ4v) is 4.42. The number of hydrogen-bond acceptors (Lipinski definition) is 7. The molecule has 0 aliphatic carbocycles. The maximum atomic E-state index is 12.7. The first-order valence-corrected chi connectivity index (χ1v) is 11.3.